The highest BCUT2D eigenvalue weighted by Crippen LogP contribution is 2.28. The summed E-state index contributed by atoms with van der Waals surface area (Å²) in [6.45, 7) is 1.54. The van der Waals surface area contributed by atoms with Gasteiger partial charge in [-0.05, 0) is 34.7 Å². The maximum absolute atomic E-state index is 12.5. The van der Waals surface area contributed by atoms with Crippen LogP contribution in [-0.4, -0.2) is 26.9 Å². The highest BCUT2D eigenvalue weighted by molar-refractivity contribution is 9.10. The van der Waals surface area contributed by atoms with E-state index in [0.717, 1.165) is 36.4 Å². The molecule has 0 saturated heterocycles. The standard InChI is InChI=1S/C15H22BrN3O/c1-18-13-10-19(8-7-12(13)17-15(18)16)14(20)9-11-5-3-2-4-6-11/h11H,2-10H2,1H3. The van der Waals surface area contributed by atoms with Gasteiger partial charge in [-0.25, -0.2) is 4.98 Å². The molecule has 5 heteroatoms. The normalized spacial score (nSPS) is 20.0. The Kier molecular flexibility index (Phi) is 4.15. The molecular weight excluding hydrogens is 318 g/mol. The van der Waals surface area contributed by atoms with E-state index >= 15 is 0 Å². The number of rotatable bonds is 2. The van der Waals surface area contributed by atoms with Gasteiger partial charge in [0.1, 0.15) is 0 Å². The Bertz CT molecular complexity index is 505. The quantitative estimate of drug-likeness (QED) is 0.830. The molecule has 1 aliphatic heterocycles. The molecule has 1 aromatic rings. The number of halogens is 1. The Morgan fingerprint density at radius 3 is 2.85 bits per heavy atom. The van der Waals surface area contributed by atoms with Crippen molar-refractivity contribution in [2.45, 2.75) is 51.5 Å². The summed E-state index contributed by atoms with van der Waals surface area (Å²) in [4.78, 5) is 19.0. The van der Waals surface area contributed by atoms with E-state index in [1.54, 1.807) is 0 Å². The van der Waals surface area contributed by atoms with E-state index in [2.05, 4.69) is 25.5 Å². The number of amides is 1. The van der Waals surface area contributed by atoms with Crippen LogP contribution in [0.25, 0.3) is 0 Å². The Labute approximate surface area is 128 Å². The van der Waals surface area contributed by atoms with Gasteiger partial charge >= 0.3 is 0 Å². The minimum Gasteiger partial charge on any atom is -0.336 e. The second kappa shape index (κ2) is 5.88. The van der Waals surface area contributed by atoms with Crippen LogP contribution in [0.4, 0.5) is 0 Å². The van der Waals surface area contributed by atoms with E-state index in [-0.39, 0.29) is 0 Å². The smallest absolute Gasteiger partial charge is 0.223 e. The second-order valence-electron chi connectivity index (χ2n) is 6.11. The Morgan fingerprint density at radius 1 is 1.35 bits per heavy atom. The Balaban J connectivity index is 1.64. The van der Waals surface area contributed by atoms with Crippen LogP contribution >= 0.6 is 15.9 Å². The topological polar surface area (TPSA) is 38.1 Å². The number of carbonyl (C=O) groups is 1. The van der Waals surface area contributed by atoms with Gasteiger partial charge in [0.25, 0.3) is 0 Å². The van der Waals surface area contributed by atoms with Crippen LogP contribution in [0.1, 0.15) is 49.9 Å². The van der Waals surface area contributed by atoms with Gasteiger partial charge in [-0.15, -0.1) is 0 Å². The molecule has 1 aromatic heterocycles. The number of aromatic nitrogens is 2. The minimum atomic E-state index is 0.333. The summed E-state index contributed by atoms with van der Waals surface area (Å²) in [5, 5.41) is 0. The molecule has 0 radical (unpaired) electrons. The predicted octanol–water partition coefficient (Wildman–Crippen LogP) is 3.04. The van der Waals surface area contributed by atoms with Gasteiger partial charge in [0, 0.05) is 26.4 Å². The van der Waals surface area contributed by atoms with Gasteiger partial charge in [-0.1, -0.05) is 19.3 Å². The molecule has 1 fully saturated rings. The molecule has 0 unspecified atom stereocenters. The van der Waals surface area contributed by atoms with Gasteiger partial charge < -0.3 is 9.47 Å². The van der Waals surface area contributed by atoms with E-state index in [1.165, 1.54) is 37.8 Å². The van der Waals surface area contributed by atoms with Crippen molar-refractivity contribution in [1.29, 1.82) is 0 Å². The minimum absolute atomic E-state index is 0.333. The molecule has 1 amide bonds. The van der Waals surface area contributed by atoms with Gasteiger partial charge in [0.15, 0.2) is 4.73 Å². The molecule has 1 aliphatic carbocycles. The van der Waals surface area contributed by atoms with E-state index < -0.39 is 0 Å². The first-order valence-electron chi connectivity index (χ1n) is 7.63. The first-order chi connectivity index (χ1) is 9.65. The van der Waals surface area contributed by atoms with Crippen molar-refractivity contribution in [2.24, 2.45) is 13.0 Å². The number of imidazole rings is 1. The van der Waals surface area contributed by atoms with Crippen molar-refractivity contribution in [3.05, 3.63) is 16.1 Å². The van der Waals surface area contributed by atoms with Crippen LogP contribution in [0.3, 0.4) is 0 Å². The largest absolute Gasteiger partial charge is 0.336 e. The van der Waals surface area contributed by atoms with Crippen LogP contribution in [0.15, 0.2) is 4.73 Å². The number of carbonyl (C=O) groups excluding carboxylic acids is 1. The second-order valence-corrected chi connectivity index (χ2v) is 6.82. The highest BCUT2D eigenvalue weighted by atomic mass is 79.9. The lowest BCUT2D eigenvalue weighted by molar-refractivity contribution is -0.133. The highest BCUT2D eigenvalue weighted by Gasteiger charge is 2.27. The Morgan fingerprint density at radius 2 is 2.10 bits per heavy atom. The third kappa shape index (κ3) is 2.78. The molecule has 110 valence electrons. The molecule has 0 bridgehead atoms. The summed E-state index contributed by atoms with van der Waals surface area (Å²) in [7, 11) is 2.00. The third-order valence-electron chi connectivity index (χ3n) is 4.74. The molecule has 0 spiro atoms. The molecule has 1 saturated carbocycles. The molecule has 3 rings (SSSR count). The lowest BCUT2D eigenvalue weighted by atomic mass is 9.86. The van der Waals surface area contributed by atoms with Crippen molar-refractivity contribution < 1.29 is 4.79 Å². The lowest BCUT2D eigenvalue weighted by Gasteiger charge is -2.29. The fourth-order valence-corrected chi connectivity index (χ4v) is 3.86. The van der Waals surface area contributed by atoms with Crippen molar-refractivity contribution in [3.63, 3.8) is 0 Å². The summed E-state index contributed by atoms with van der Waals surface area (Å²) >= 11 is 3.46. The first-order valence-corrected chi connectivity index (χ1v) is 8.42. The van der Waals surface area contributed by atoms with Gasteiger partial charge in [-0.2, -0.15) is 0 Å². The van der Waals surface area contributed by atoms with Crippen LogP contribution < -0.4 is 0 Å². The monoisotopic (exact) mass is 339 g/mol. The number of fused-ring (bicyclic) bond motifs is 1. The predicted molar refractivity (Wildman–Crippen MR) is 81.2 cm³/mol. The summed E-state index contributed by atoms with van der Waals surface area (Å²) in [6.07, 6.45) is 8.05. The fourth-order valence-electron chi connectivity index (χ4n) is 3.43. The maximum atomic E-state index is 12.5. The molecule has 0 aromatic carbocycles. The van der Waals surface area contributed by atoms with Crippen molar-refractivity contribution >= 4 is 21.8 Å². The summed E-state index contributed by atoms with van der Waals surface area (Å²) < 4.78 is 2.92. The molecule has 2 aliphatic rings. The summed E-state index contributed by atoms with van der Waals surface area (Å²) in [5.74, 6) is 0.954. The SMILES string of the molecule is Cn1c(Br)nc2c1CN(C(=O)CC1CCCCC1)CC2. The van der Waals surface area contributed by atoms with Crippen LogP contribution in [0.5, 0.6) is 0 Å². The zero-order valence-corrected chi connectivity index (χ0v) is 13.7. The zero-order valence-electron chi connectivity index (χ0n) is 12.1. The van der Waals surface area contributed by atoms with Gasteiger partial charge in [-0.3, -0.25) is 4.79 Å². The average molecular weight is 340 g/mol. The van der Waals surface area contributed by atoms with Crippen molar-refractivity contribution in [3.8, 4) is 0 Å². The molecule has 0 atom stereocenters. The molecule has 0 N–H and O–H groups in total. The molecule has 20 heavy (non-hydrogen) atoms. The van der Waals surface area contributed by atoms with E-state index in [9.17, 15) is 4.79 Å². The van der Waals surface area contributed by atoms with Crippen molar-refractivity contribution in [1.82, 2.24) is 14.5 Å². The number of hydrogen-bond acceptors (Lipinski definition) is 2. The summed E-state index contributed by atoms with van der Waals surface area (Å²) in [5.41, 5.74) is 2.32. The number of hydrogen-bond donors (Lipinski definition) is 0. The summed E-state index contributed by atoms with van der Waals surface area (Å²) in [6, 6.07) is 0. The zero-order chi connectivity index (χ0) is 14.1. The van der Waals surface area contributed by atoms with E-state index in [0.29, 0.717) is 11.8 Å². The number of nitrogens with zero attached hydrogens (tertiary/aromatic N) is 3. The van der Waals surface area contributed by atoms with Crippen LogP contribution in [0, 0.1) is 5.92 Å². The lowest BCUT2D eigenvalue weighted by Crippen LogP contribution is -2.37. The third-order valence-corrected chi connectivity index (χ3v) is 5.45. The maximum Gasteiger partial charge on any atom is 0.223 e. The van der Waals surface area contributed by atoms with Crippen molar-refractivity contribution in [2.75, 3.05) is 6.54 Å². The molecular formula is C15H22BrN3O. The van der Waals surface area contributed by atoms with Gasteiger partial charge in [0.2, 0.25) is 5.91 Å². The van der Waals surface area contributed by atoms with Crippen LogP contribution in [0.2, 0.25) is 0 Å². The van der Waals surface area contributed by atoms with E-state index in [4.69, 9.17) is 0 Å². The van der Waals surface area contributed by atoms with Crippen LogP contribution in [-0.2, 0) is 24.8 Å². The van der Waals surface area contributed by atoms with E-state index in [1.807, 2.05) is 11.9 Å². The van der Waals surface area contributed by atoms with Gasteiger partial charge in [0.05, 0.1) is 17.9 Å². The Hall–Kier alpha value is -0.840. The average Bonchev–Trinajstić information content (AvgIpc) is 2.75. The molecule has 4 nitrogen and oxygen atoms in total. The first kappa shape index (κ1) is 14.1. The molecule has 2 heterocycles. The fraction of sp³-hybridized carbons (Fsp3) is 0.733.